The zero-order valence-corrected chi connectivity index (χ0v) is 13.6. The van der Waals surface area contributed by atoms with E-state index < -0.39 is 0 Å². The van der Waals surface area contributed by atoms with E-state index in [4.69, 9.17) is 0 Å². The number of thiazole rings is 1. The van der Waals surface area contributed by atoms with Gasteiger partial charge in [0.05, 0.1) is 0 Å². The van der Waals surface area contributed by atoms with Crippen LogP contribution in [0.3, 0.4) is 0 Å². The number of aryl methyl sites for hydroxylation is 2. The zero-order valence-electron chi connectivity index (χ0n) is 12.7. The molecular formula is C15H21N5OS. The monoisotopic (exact) mass is 319 g/mol. The van der Waals surface area contributed by atoms with Gasteiger partial charge in [-0.1, -0.05) is 0 Å². The molecule has 7 heteroatoms. The number of anilines is 1. The SMILES string of the molecule is Cc1nccn1CCCNC(=O)C1CCCN1c1nccs1. The third-order valence-corrected chi connectivity index (χ3v) is 4.83. The van der Waals surface area contributed by atoms with Gasteiger partial charge in [0.15, 0.2) is 5.13 Å². The molecule has 22 heavy (non-hydrogen) atoms. The van der Waals surface area contributed by atoms with Gasteiger partial charge < -0.3 is 14.8 Å². The minimum absolute atomic E-state index is 0.0684. The number of nitrogens with one attached hydrogen (secondary N) is 1. The molecule has 0 aromatic carbocycles. The predicted octanol–water partition coefficient (Wildman–Crippen LogP) is 1.82. The molecule has 3 heterocycles. The van der Waals surface area contributed by atoms with Crippen molar-refractivity contribution in [1.82, 2.24) is 19.9 Å². The molecule has 0 spiro atoms. The van der Waals surface area contributed by atoms with Crippen molar-refractivity contribution in [3.63, 3.8) is 0 Å². The lowest BCUT2D eigenvalue weighted by Crippen LogP contribution is -2.43. The summed E-state index contributed by atoms with van der Waals surface area (Å²) >= 11 is 1.59. The van der Waals surface area contributed by atoms with E-state index in [1.54, 1.807) is 23.7 Å². The summed E-state index contributed by atoms with van der Waals surface area (Å²) in [4.78, 5) is 23.0. The van der Waals surface area contributed by atoms with Gasteiger partial charge in [-0.15, -0.1) is 11.3 Å². The maximum atomic E-state index is 12.4. The third kappa shape index (κ3) is 3.30. The van der Waals surface area contributed by atoms with E-state index in [0.717, 1.165) is 43.3 Å². The van der Waals surface area contributed by atoms with Crippen LogP contribution in [0.1, 0.15) is 25.1 Å². The Morgan fingerprint density at radius 2 is 2.36 bits per heavy atom. The second kappa shape index (κ2) is 6.91. The first-order valence-corrected chi connectivity index (χ1v) is 8.55. The predicted molar refractivity (Wildman–Crippen MR) is 87.1 cm³/mol. The highest BCUT2D eigenvalue weighted by Gasteiger charge is 2.31. The van der Waals surface area contributed by atoms with Crippen molar-refractivity contribution in [2.75, 3.05) is 18.0 Å². The first-order chi connectivity index (χ1) is 10.8. The average molecular weight is 319 g/mol. The van der Waals surface area contributed by atoms with Crippen LogP contribution in [0.2, 0.25) is 0 Å². The second-order valence-electron chi connectivity index (χ2n) is 5.48. The van der Waals surface area contributed by atoms with E-state index in [2.05, 4.69) is 24.8 Å². The van der Waals surface area contributed by atoms with Crippen molar-refractivity contribution in [3.05, 3.63) is 29.8 Å². The van der Waals surface area contributed by atoms with E-state index in [9.17, 15) is 4.79 Å². The van der Waals surface area contributed by atoms with Gasteiger partial charge >= 0.3 is 0 Å². The third-order valence-electron chi connectivity index (χ3n) is 4.02. The van der Waals surface area contributed by atoms with Crippen LogP contribution < -0.4 is 10.2 Å². The number of hydrogen-bond acceptors (Lipinski definition) is 5. The number of aromatic nitrogens is 3. The molecule has 118 valence electrons. The smallest absolute Gasteiger partial charge is 0.242 e. The number of carbonyl (C=O) groups is 1. The van der Waals surface area contributed by atoms with Crippen molar-refractivity contribution < 1.29 is 4.79 Å². The van der Waals surface area contributed by atoms with E-state index >= 15 is 0 Å². The molecule has 0 radical (unpaired) electrons. The molecule has 0 bridgehead atoms. The number of rotatable bonds is 6. The van der Waals surface area contributed by atoms with Crippen LogP contribution in [0.25, 0.3) is 0 Å². The quantitative estimate of drug-likeness (QED) is 0.825. The van der Waals surface area contributed by atoms with E-state index in [1.807, 2.05) is 18.5 Å². The molecule has 0 saturated carbocycles. The normalized spacial score (nSPS) is 17.9. The Balaban J connectivity index is 1.46. The van der Waals surface area contributed by atoms with Crippen LogP contribution in [-0.2, 0) is 11.3 Å². The zero-order chi connectivity index (χ0) is 15.4. The molecule has 1 N–H and O–H groups in total. The molecule has 1 aliphatic rings. The molecule has 1 aliphatic heterocycles. The summed E-state index contributed by atoms with van der Waals surface area (Å²) in [5, 5.41) is 5.97. The summed E-state index contributed by atoms with van der Waals surface area (Å²) in [6, 6.07) is -0.0684. The highest BCUT2D eigenvalue weighted by molar-refractivity contribution is 7.13. The fourth-order valence-corrected chi connectivity index (χ4v) is 3.56. The Morgan fingerprint density at radius 3 is 3.09 bits per heavy atom. The Kier molecular flexibility index (Phi) is 4.72. The Labute approximate surface area is 134 Å². The topological polar surface area (TPSA) is 63.1 Å². The van der Waals surface area contributed by atoms with Gasteiger partial charge in [-0.2, -0.15) is 0 Å². The van der Waals surface area contributed by atoms with Gasteiger partial charge in [-0.25, -0.2) is 9.97 Å². The minimum atomic E-state index is -0.0684. The number of imidazole rings is 1. The van der Waals surface area contributed by atoms with Crippen molar-refractivity contribution in [2.45, 2.75) is 38.8 Å². The molecule has 1 atom stereocenters. The minimum Gasteiger partial charge on any atom is -0.354 e. The van der Waals surface area contributed by atoms with Gasteiger partial charge in [-0.05, 0) is 26.2 Å². The summed E-state index contributed by atoms with van der Waals surface area (Å²) in [6.45, 7) is 4.48. The summed E-state index contributed by atoms with van der Waals surface area (Å²) in [5.41, 5.74) is 0. The molecule has 2 aromatic heterocycles. The van der Waals surface area contributed by atoms with E-state index in [0.29, 0.717) is 6.54 Å². The van der Waals surface area contributed by atoms with Crippen molar-refractivity contribution in [2.24, 2.45) is 0 Å². The van der Waals surface area contributed by atoms with Crippen LogP contribution in [0.15, 0.2) is 24.0 Å². The standard InChI is InChI=1S/C15H21N5OS/c1-12-16-6-10-19(12)8-3-5-17-14(21)13-4-2-9-20(13)15-18-7-11-22-15/h6-7,10-11,13H,2-5,8-9H2,1H3,(H,17,21). The summed E-state index contributed by atoms with van der Waals surface area (Å²) in [6.07, 6.45) is 8.43. The fraction of sp³-hybridized carbons (Fsp3) is 0.533. The Bertz CT molecular complexity index is 609. The summed E-state index contributed by atoms with van der Waals surface area (Å²) in [7, 11) is 0. The lowest BCUT2D eigenvalue weighted by atomic mass is 10.2. The van der Waals surface area contributed by atoms with Crippen LogP contribution in [0.5, 0.6) is 0 Å². The van der Waals surface area contributed by atoms with E-state index in [-0.39, 0.29) is 11.9 Å². The first kappa shape index (κ1) is 15.0. The average Bonchev–Trinajstić information content (AvgIpc) is 3.24. The van der Waals surface area contributed by atoms with Crippen molar-refractivity contribution in [1.29, 1.82) is 0 Å². The van der Waals surface area contributed by atoms with Gasteiger partial charge in [0.1, 0.15) is 11.9 Å². The number of carbonyl (C=O) groups excluding carboxylic acids is 1. The molecule has 1 saturated heterocycles. The lowest BCUT2D eigenvalue weighted by Gasteiger charge is -2.23. The number of hydrogen-bond donors (Lipinski definition) is 1. The highest BCUT2D eigenvalue weighted by Crippen LogP contribution is 2.27. The molecule has 6 nitrogen and oxygen atoms in total. The fourth-order valence-electron chi connectivity index (χ4n) is 2.84. The molecule has 2 aromatic rings. The molecule has 1 unspecified atom stereocenters. The van der Waals surface area contributed by atoms with Gasteiger partial charge in [0, 0.05) is 43.6 Å². The number of amides is 1. The van der Waals surface area contributed by atoms with Crippen LogP contribution in [0.4, 0.5) is 5.13 Å². The second-order valence-corrected chi connectivity index (χ2v) is 6.35. The molecule has 0 aliphatic carbocycles. The van der Waals surface area contributed by atoms with Crippen LogP contribution in [0, 0.1) is 6.92 Å². The van der Waals surface area contributed by atoms with Crippen molar-refractivity contribution >= 4 is 22.4 Å². The van der Waals surface area contributed by atoms with Crippen LogP contribution in [-0.4, -0.2) is 39.6 Å². The van der Waals surface area contributed by atoms with Gasteiger partial charge in [0.2, 0.25) is 5.91 Å². The summed E-state index contributed by atoms with van der Waals surface area (Å²) in [5.74, 6) is 1.13. The molecule has 1 amide bonds. The Hall–Kier alpha value is -1.89. The summed E-state index contributed by atoms with van der Waals surface area (Å²) < 4.78 is 2.10. The Morgan fingerprint density at radius 1 is 1.45 bits per heavy atom. The molecular weight excluding hydrogens is 298 g/mol. The maximum Gasteiger partial charge on any atom is 0.242 e. The number of nitrogens with zero attached hydrogens (tertiary/aromatic N) is 4. The molecule has 1 fully saturated rings. The largest absolute Gasteiger partial charge is 0.354 e. The van der Waals surface area contributed by atoms with E-state index in [1.165, 1.54) is 0 Å². The van der Waals surface area contributed by atoms with Gasteiger partial charge in [-0.3, -0.25) is 4.79 Å². The lowest BCUT2D eigenvalue weighted by molar-refractivity contribution is -0.122. The highest BCUT2D eigenvalue weighted by atomic mass is 32.1. The van der Waals surface area contributed by atoms with Gasteiger partial charge in [0.25, 0.3) is 0 Å². The van der Waals surface area contributed by atoms with Crippen molar-refractivity contribution in [3.8, 4) is 0 Å². The molecule has 3 rings (SSSR count). The first-order valence-electron chi connectivity index (χ1n) is 7.67. The van der Waals surface area contributed by atoms with Crippen LogP contribution >= 0.6 is 11.3 Å². The maximum absolute atomic E-state index is 12.4.